The molecule has 3 rings (SSSR count). The summed E-state index contributed by atoms with van der Waals surface area (Å²) in [6.45, 7) is 6.41. The van der Waals surface area contributed by atoms with E-state index in [1.54, 1.807) is 12.5 Å². The van der Waals surface area contributed by atoms with Gasteiger partial charge < -0.3 is 19.5 Å². The summed E-state index contributed by atoms with van der Waals surface area (Å²) in [5.41, 5.74) is 0. The van der Waals surface area contributed by atoms with Gasteiger partial charge >= 0.3 is 0 Å². The highest BCUT2D eigenvalue weighted by Gasteiger charge is 2.24. The Hall–Kier alpha value is -1.48. The zero-order chi connectivity index (χ0) is 17.3. The largest absolute Gasteiger partial charge is 0.468 e. The highest BCUT2D eigenvalue weighted by atomic mass is 127. The molecule has 0 amide bonds. The summed E-state index contributed by atoms with van der Waals surface area (Å²) in [6, 6.07) is 8.07. The number of nitrogens with zero attached hydrogens (tertiary/aromatic N) is 2. The number of hydrogen-bond acceptors (Lipinski definition) is 4. The summed E-state index contributed by atoms with van der Waals surface area (Å²) >= 11 is 0. The van der Waals surface area contributed by atoms with Gasteiger partial charge in [-0.3, -0.25) is 4.90 Å². The maximum atomic E-state index is 5.70. The molecule has 1 fully saturated rings. The number of nitrogens with one attached hydrogen (secondary N) is 2. The number of aliphatic imine (C=N–C) groups is 1. The van der Waals surface area contributed by atoms with Gasteiger partial charge in [-0.05, 0) is 57.1 Å². The molecule has 2 aromatic rings. The molecule has 2 N–H and O–H groups in total. The van der Waals surface area contributed by atoms with Crippen LogP contribution in [0.1, 0.15) is 43.7 Å². The molecule has 1 aliphatic rings. The standard InChI is InChI=1S/C19H28N4O2.HI/c1-2-20-19(21-14-16-8-6-12-24-16)22-15-17(18-9-7-13-25-18)23-10-4-3-5-11-23;/h6-9,12-13,17H,2-5,10-11,14-15H2,1H3,(H2,20,21,22);1H. The Morgan fingerprint density at radius 2 is 1.88 bits per heavy atom. The third-order valence-electron chi connectivity index (χ3n) is 4.48. The van der Waals surface area contributed by atoms with Crippen LogP contribution in [0.3, 0.4) is 0 Å². The van der Waals surface area contributed by atoms with Crippen LogP contribution in [0.15, 0.2) is 50.6 Å². The predicted octanol–water partition coefficient (Wildman–Crippen LogP) is 3.77. The quantitative estimate of drug-likeness (QED) is 0.365. The minimum atomic E-state index is 0. The monoisotopic (exact) mass is 472 g/mol. The van der Waals surface area contributed by atoms with E-state index in [1.807, 2.05) is 18.2 Å². The van der Waals surface area contributed by atoms with E-state index in [9.17, 15) is 0 Å². The lowest BCUT2D eigenvalue weighted by atomic mass is 10.1. The normalized spacial score (nSPS) is 16.7. The van der Waals surface area contributed by atoms with Crippen LogP contribution in [0, 0.1) is 0 Å². The van der Waals surface area contributed by atoms with Gasteiger partial charge in [-0.25, -0.2) is 4.99 Å². The van der Waals surface area contributed by atoms with Gasteiger partial charge in [0.25, 0.3) is 0 Å². The minimum Gasteiger partial charge on any atom is -0.468 e. The molecule has 3 heterocycles. The molecule has 0 spiro atoms. The number of hydrogen-bond donors (Lipinski definition) is 2. The van der Waals surface area contributed by atoms with Gasteiger partial charge in [0, 0.05) is 13.1 Å². The maximum absolute atomic E-state index is 5.70. The third kappa shape index (κ3) is 6.05. The minimum absolute atomic E-state index is 0. The highest BCUT2D eigenvalue weighted by Crippen LogP contribution is 2.24. The van der Waals surface area contributed by atoms with Crippen molar-refractivity contribution in [1.29, 1.82) is 0 Å². The second-order valence-corrected chi connectivity index (χ2v) is 6.28. The fourth-order valence-electron chi connectivity index (χ4n) is 3.22. The van der Waals surface area contributed by atoms with E-state index in [0.29, 0.717) is 6.54 Å². The van der Waals surface area contributed by atoms with Gasteiger partial charge in [0.15, 0.2) is 5.96 Å². The highest BCUT2D eigenvalue weighted by molar-refractivity contribution is 14.0. The van der Waals surface area contributed by atoms with Crippen molar-refractivity contribution in [3.63, 3.8) is 0 Å². The van der Waals surface area contributed by atoms with Gasteiger partial charge in [-0.1, -0.05) is 6.42 Å². The first-order valence-electron chi connectivity index (χ1n) is 9.19. The summed E-state index contributed by atoms with van der Waals surface area (Å²) in [6.07, 6.45) is 7.26. The first-order chi connectivity index (χ1) is 12.4. The number of guanidine groups is 1. The molecule has 1 unspecified atom stereocenters. The maximum Gasteiger partial charge on any atom is 0.191 e. The fourth-order valence-corrected chi connectivity index (χ4v) is 3.22. The van der Waals surface area contributed by atoms with Crippen LogP contribution in [-0.4, -0.2) is 37.0 Å². The SMILES string of the molecule is CCNC(=NCc1ccco1)NCC(c1ccco1)N1CCCCC1.I. The van der Waals surface area contributed by atoms with E-state index in [1.165, 1.54) is 19.3 Å². The van der Waals surface area contributed by atoms with Gasteiger partial charge in [0.2, 0.25) is 0 Å². The second-order valence-electron chi connectivity index (χ2n) is 6.28. The van der Waals surface area contributed by atoms with E-state index in [4.69, 9.17) is 8.83 Å². The number of furan rings is 2. The Bertz CT molecular complexity index is 622. The molecule has 2 aromatic heterocycles. The summed E-state index contributed by atoms with van der Waals surface area (Å²) in [7, 11) is 0. The number of likely N-dealkylation sites (tertiary alicyclic amines) is 1. The summed E-state index contributed by atoms with van der Waals surface area (Å²) in [4.78, 5) is 7.11. The Kier molecular flexibility index (Phi) is 9.04. The zero-order valence-corrected chi connectivity index (χ0v) is 17.6. The van der Waals surface area contributed by atoms with Crippen molar-refractivity contribution >= 4 is 29.9 Å². The first kappa shape index (κ1) is 20.8. The molecule has 1 aliphatic heterocycles. The van der Waals surface area contributed by atoms with Crippen LogP contribution in [0.25, 0.3) is 0 Å². The Morgan fingerprint density at radius 1 is 1.12 bits per heavy atom. The molecule has 1 atom stereocenters. The lowest BCUT2D eigenvalue weighted by Gasteiger charge is -2.33. The molecular formula is C19H29IN4O2. The molecule has 0 saturated carbocycles. The predicted molar refractivity (Wildman–Crippen MR) is 114 cm³/mol. The first-order valence-corrected chi connectivity index (χ1v) is 9.19. The topological polar surface area (TPSA) is 65.9 Å². The molecule has 0 radical (unpaired) electrons. The van der Waals surface area contributed by atoms with Gasteiger partial charge in [0.1, 0.15) is 18.1 Å². The van der Waals surface area contributed by atoms with Crippen LogP contribution in [0.5, 0.6) is 0 Å². The molecular weight excluding hydrogens is 443 g/mol. The molecule has 1 saturated heterocycles. The van der Waals surface area contributed by atoms with E-state index in [2.05, 4.69) is 33.5 Å². The molecule has 7 heteroatoms. The van der Waals surface area contributed by atoms with Gasteiger partial charge in [-0.2, -0.15) is 0 Å². The Morgan fingerprint density at radius 3 is 2.54 bits per heavy atom. The van der Waals surface area contributed by atoms with Crippen molar-refractivity contribution in [3.8, 4) is 0 Å². The molecule has 0 aliphatic carbocycles. The van der Waals surface area contributed by atoms with Gasteiger partial charge in [-0.15, -0.1) is 24.0 Å². The summed E-state index contributed by atoms with van der Waals surface area (Å²) < 4.78 is 11.1. The van der Waals surface area contributed by atoms with Crippen molar-refractivity contribution in [2.45, 2.75) is 38.8 Å². The second kappa shape index (κ2) is 11.3. The van der Waals surface area contributed by atoms with Crippen molar-refractivity contribution < 1.29 is 8.83 Å². The average molecular weight is 472 g/mol. The zero-order valence-electron chi connectivity index (χ0n) is 15.3. The number of halogens is 1. The Balaban J connectivity index is 0.00000243. The van der Waals surface area contributed by atoms with E-state index in [-0.39, 0.29) is 30.0 Å². The van der Waals surface area contributed by atoms with E-state index < -0.39 is 0 Å². The van der Waals surface area contributed by atoms with Crippen molar-refractivity contribution in [1.82, 2.24) is 15.5 Å². The molecule has 26 heavy (non-hydrogen) atoms. The number of piperidine rings is 1. The lowest BCUT2D eigenvalue weighted by Crippen LogP contribution is -2.44. The third-order valence-corrected chi connectivity index (χ3v) is 4.48. The molecule has 0 bridgehead atoms. The molecule has 6 nitrogen and oxygen atoms in total. The lowest BCUT2D eigenvalue weighted by molar-refractivity contribution is 0.146. The molecule has 0 aromatic carbocycles. The van der Waals surface area contributed by atoms with Crippen LogP contribution >= 0.6 is 24.0 Å². The van der Waals surface area contributed by atoms with Gasteiger partial charge in [0.05, 0.1) is 18.6 Å². The number of rotatable bonds is 7. The summed E-state index contributed by atoms with van der Waals surface area (Å²) in [5.74, 6) is 2.67. The van der Waals surface area contributed by atoms with Crippen molar-refractivity contribution in [3.05, 3.63) is 48.3 Å². The fraction of sp³-hybridized carbons (Fsp3) is 0.526. The van der Waals surface area contributed by atoms with Crippen LogP contribution in [0.4, 0.5) is 0 Å². The van der Waals surface area contributed by atoms with Crippen molar-refractivity contribution in [2.24, 2.45) is 4.99 Å². The Labute approximate surface area is 172 Å². The van der Waals surface area contributed by atoms with Crippen molar-refractivity contribution in [2.75, 3.05) is 26.2 Å². The smallest absolute Gasteiger partial charge is 0.191 e. The van der Waals surface area contributed by atoms with E-state index >= 15 is 0 Å². The van der Waals surface area contributed by atoms with Crippen LogP contribution in [-0.2, 0) is 6.54 Å². The van der Waals surface area contributed by atoms with E-state index in [0.717, 1.165) is 43.7 Å². The summed E-state index contributed by atoms with van der Waals surface area (Å²) in [5, 5.41) is 6.76. The van der Waals surface area contributed by atoms with Crippen LogP contribution in [0.2, 0.25) is 0 Å². The van der Waals surface area contributed by atoms with Crippen LogP contribution < -0.4 is 10.6 Å². The molecule has 144 valence electrons. The average Bonchev–Trinajstić information content (AvgIpc) is 3.35.